The molecule has 17 heavy (non-hydrogen) atoms. The van der Waals surface area contributed by atoms with Crippen LogP contribution in [-0.4, -0.2) is 25.4 Å². The number of carbonyl (C=O) groups excluding carboxylic acids is 2. The van der Waals surface area contributed by atoms with Crippen molar-refractivity contribution >= 4 is 12.2 Å². The van der Waals surface area contributed by atoms with E-state index in [2.05, 4.69) is 21.9 Å². The van der Waals surface area contributed by atoms with Crippen LogP contribution in [0.15, 0.2) is 10.2 Å². The van der Waals surface area contributed by atoms with Crippen molar-refractivity contribution in [3.63, 3.8) is 0 Å². The molecule has 0 bridgehead atoms. The molecule has 0 fully saturated rings. The molecule has 0 saturated heterocycles. The average Bonchev–Trinajstić information content (AvgIpc) is 2.31. The van der Waals surface area contributed by atoms with E-state index < -0.39 is 12.2 Å². The molecule has 0 unspecified atom stereocenters. The number of hydrogen-bond donors (Lipinski definition) is 0. The Hall–Kier alpha value is -1.46. The van der Waals surface area contributed by atoms with Gasteiger partial charge in [0.2, 0.25) is 0 Å². The van der Waals surface area contributed by atoms with Gasteiger partial charge >= 0.3 is 12.2 Å². The highest BCUT2D eigenvalue weighted by atomic mass is 16.6. The van der Waals surface area contributed by atoms with Crippen LogP contribution in [0.4, 0.5) is 9.59 Å². The van der Waals surface area contributed by atoms with Crippen molar-refractivity contribution < 1.29 is 19.1 Å². The van der Waals surface area contributed by atoms with Crippen LogP contribution >= 0.6 is 0 Å². The lowest BCUT2D eigenvalue weighted by Gasteiger charge is -2.00. The summed E-state index contributed by atoms with van der Waals surface area (Å²) in [5.41, 5.74) is 0. The maximum Gasteiger partial charge on any atom is 0.452 e. The first-order chi connectivity index (χ1) is 8.20. The van der Waals surface area contributed by atoms with E-state index >= 15 is 0 Å². The molecule has 0 radical (unpaired) electrons. The molecule has 0 N–H and O–H groups in total. The standard InChI is InChI=1S/C11H20N2O4/c1-3-5-6-7-8-9-17-11(15)13-12-10(14)16-4-2/h3-9H2,1-2H3. The van der Waals surface area contributed by atoms with E-state index in [4.69, 9.17) is 4.74 Å². The molecule has 0 aliphatic rings. The molecular formula is C11H20N2O4. The van der Waals surface area contributed by atoms with Crippen LogP contribution in [0.3, 0.4) is 0 Å². The van der Waals surface area contributed by atoms with E-state index in [1.807, 2.05) is 0 Å². The highest BCUT2D eigenvalue weighted by Gasteiger charge is 2.02. The summed E-state index contributed by atoms with van der Waals surface area (Å²) in [5.74, 6) is 0. The predicted molar refractivity (Wildman–Crippen MR) is 62.0 cm³/mol. The number of unbranched alkanes of at least 4 members (excludes halogenated alkanes) is 4. The van der Waals surface area contributed by atoms with Gasteiger partial charge in [0.05, 0.1) is 13.2 Å². The van der Waals surface area contributed by atoms with Crippen molar-refractivity contribution in [2.75, 3.05) is 13.2 Å². The second-order valence-corrected chi connectivity index (χ2v) is 3.43. The minimum absolute atomic E-state index is 0.199. The zero-order valence-electron chi connectivity index (χ0n) is 10.5. The van der Waals surface area contributed by atoms with Crippen molar-refractivity contribution in [2.45, 2.75) is 46.0 Å². The number of carbonyl (C=O) groups is 2. The molecule has 0 spiro atoms. The van der Waals surface area contributed by atoms with Crippen molar-refractivity contribution in [3.8, 4) is 0 Å². The van der Waals surface area contributed by atoms with Crippen LogP contribution in [0.25, 0.3) is 0 Å². The zero-order chi connectivity index (χ0) is 12.9. The number of ether oxygens (including phenoxy) is 2. The van der Waals surface area contributed by atoms with Gasteiger partial charge < -0.3 is 9.47 Å². The first kappa shape index (κ1) is 15.5. The average molecular weight is 244 g/mol. The van der Waals surface area contributed by atoms with Crippen molar-refractivity contribution in [3.05, 3.63) is 0 Å². The molecule has 2 amide bonds. The molecule has 0 aromatic rings. The molecular weight excluding hydrogens is 224 g/mol. The SMILES string of the molecule is CCCCCCCOC(=O)N=NC(=O)OCC. The van der Waals surface area contributed by atoms with Crippen LogP contribution in [0.1, 0.15) is 46.0 Å². The summed E-state index contributed by atoms with van der Waals surface area (Å²) in [6, 6.07) is 0. The minimum Gasteiger partial charge on any atom is -0.447 e. The lowest BCUT2D eigenvalue weighted by atomic mass is 10.2. The summed E-state index contributed by atoms with van der Waals surface area (Å²) >= 11 is 0. The molecule has 0 aliphatic heterocycles. The van der Waals surface area contributed by atoms with Crippen LogP contribution in [0, 0.1) is 0 Å². The van der Waals surface area contributed by atoms with Crippen molar-refractivity contribution in [1.82, 2.24) is 0 Å². The first-order valence-electron chi connectivity index (χ1n) is 5.96. The lowest BCUT2D eigenvalue weighted by molar-refractivity contribution is 0.147. The van der Waals surface area contributed by atoms with Gasteiger partial charge in [-0.1, -0.05) is 42.8 Å². The molecule has 0 aromatic carbocycles. The van der Waals surface area contributed by atoms with E-state index in [9.17, 15) is 9.59 Å². The number of azo groups is 1. The third kappa shape index (κ3) is 10.8. The maximum atomic E-state index is 11.0. The molecule has 0 atom stereocenters. The van der Waals surface area contributed by atoms with Crippen molar-refractivity contribution in [2.24, 2.45) is 10.2 Å². The Labute approximate surface area is 101 Å². The van der Waals surface area contributed by atoms with E-state index in [1.54, 1.807) is 6.92 Å². The zero-order valence-corrected chi connectivity index (χ0v) is 10.5. The highest BCUT2D eigenvalue weighted by Crippen LogP contribution is 2.02. The molecule has 0 rings (SSSR count). The van der Waals surface area contributed by atoms with Gasteiger partial charge in [0, 0.05) is 0 Å². The summed E-state index contributed by atoms with van der Waals surface area (Å²) in [6.45, 7) is 4.28. The van der Waals surface area contributed by atoms with Gasteiger partial charge in [0.15, 0.2) is 0 Å². The summed E-state index contributed by atoms with van der Waals surface area (Å²) in [7, 11) is 0. The fourth-order valence-electron chi connectivity index (χ4n) is 1.13. The molecule has 6 heteroatoms. The van der Waals surface area contributed by atoms with Crippen LogP contribution in [-0.2, 0) is 9.47 Å². The van der Waals surface area contributed by atoms with Crippen LogP contribution in [0.5, 0.6) is 0 Å². The van der Waals surface area contributed by atoms with Crippen molar-refractivity contribution in [1.29, 1.82) is 0 Å². The molecule has 0 aromatic heterocycles. The number of amides is 2. The summed E-state index contributed by atoms with van der Waals surface area (Å²) in [6.07, 6.45) is 3.60. The Kier molecular flexibility index (Phi) is 10.1. The van der Waals surface area contributed by atoms with Crippen LogP contribution in [0.2, 0.25) is 0 Å². The van der Waals surface area contributed by atoms with Gasteiger partial charge in [-0.3, -0.25) is 0 Å². The summed E-state index contributed by atoms with van der Waals surface area (Å²) < 4.78 is 9.20. The molecule has 6 nitrogen and oxygen atoms in total. The Balaban J connectivity index is 3.49. The Morgan fingerprint density at radius 1 is 0.882 bits per heavy atom. The predicted octanol–water partition coefficient (Wildman–Crippen LogP) is 3.70. The highest BCUT2D eigenvalue weighted by molar-refractivity contribution is 5.73. The van der Waals surface area contributed by atoms with Gasteiger partial charge in [0.25, 0.3) is 0 Å². The fourth-order valence-corrected chi connectivity index (χ4v) is 1.13. The number of hydrogen-bond acceptors (Lipinski definition) is 4. The Morgan fingerprint density at radius 2 is 1.47 bits per heavy atom. The monoisotopic (exact) mass is 244 g/mol. The molecule has 0 saturated carbocycles. The van der Waals surface area contributed by atoms with E-state index in [0.717, 1.165) is 19.3 Å². The van der Waals surface area contributed by atoms with E-state index in [1.165, 1.54) is 12.8 Å². The second kappa shape index (κ2) is 11.0. The first-order valence-corrected chi connectivity index (χ1v) is 5.96. The van der Waals surface area contributed by atoms with Gasteiger partial charge in [-0.05, 0) is 13.3 Å². The second-order valence-electron chi connectivity index (χ2n) is 3.43. The quantitative estimate of drug-likeness (QED) is 0.505. The lowest BCUT2D eigenvalue weighted by Crippen LogP contribution is -2.02. The van der Waals surface area contributed by atoms with Crippen LogP contribution < -0.4 is 0 Å². The summed E-state index contributed by atoms with van der Waals surface area (Å²) in [5, 5.41) is 6.10. The minimum atomic E-state index is -0.882. The number of rotatable bonds is 7. The van der Waals surface area contributed by atoms with E-state index in [-0.39, 0.29) is 6.61 Å². The molecule has 0 heterocycles. The fraction of sp³-hybridized carbons (Fsp3) is 0.818. The topological polar surface area (TPSA) is 77.3 Å². The largest absolute Gasteiger partial charge is 0.452 e. The smallest absolute Gasteiger partial charge is 0.447 e. The summed E-state index contributed by atoms with van der Waals surface area (Å²) in [4.78, 5) is 21.7. The van der Waals surface area contributed by atoms with Gasteiger partial charge in [-0.15, -0.1) is 0 Å². The third-order valence-corrected chi connectivity index (χ3v) is 1.95. The van der Waals surface area contributed by atoms with E-state index in [0.29, 0.717) is 6.61 Å². The van der Waals surface area contributed by atoms with Gasteiger partial charge in [-0.2, -0.15) is 0 Å². The Bertz CT molecular complexity index is 254. The van der Waals surface area contributed by atoms with Gasteiger partial charge in [0.1, 0.15) is 0 Å². The normalized spacial score (nSPS) is 10.5. The molecule has 98 valence electrons. The maximum absolute atomic E-state index is 11.0. The molecule has 0 aliphatic carbocycles. The number of nitrogens with zero attached hydrogens (tertiary/aromatic N) is 2. The third-order valence-electron chi connectivity index (χ3n) is 1.95. The van der Waals surface area contributed by atoms with Gasteiger partial charge in [-0.25, -0.2) is 9.59 Å². The Morgan fingerprint density at radius 3 is 2.06 bits per heavy atom.